The van der Waals surface area contributed by atoms with Gasteiger partial charge in [-0.05, 0) is 38.1 Å². The van der Waals surface area contributed by atoms with Crippen molar-refractivity contribution in [2.24, 2.45) is 0 Å². The summed E-state index contributed by atoms with van der Waals surface area (Å²) in [6.07, 6.45) is -1.42. The van der Waals surface area contributed by atoms with Crippen molar-refractivity contribution in [3.05, 3.63) is 59.7 Å². The predicted octanol–water partition coefficient (Wildman–Crippen LogP) is 5.21. The van der Waals surface area contributed by atoms with Gasteiger partial charge in [-0.15, -0.1) is 0 Å². The van der Waals surface area contributed by atoms with E-state index in [0.717, 1.165) is 9.79 Å². The Bertz CT molecular complexity index is 546. The molecule has 24 heavy (non-hydrogen) atoms. The van der Waals surface area contributed by atoms with Crippen molar-refractivity contribution < 1.29 is 10.2 Å². The lowest BCUT2D eigenvalue weighted by atomic mass is 10.2. The van der Waals surface area contributed by atoms with Crippen LogP contribution in [-0.4, -0.2) is 33.9 Å². The molecule has 2 aromatic carbocycles. The smallest absolute Gasteiger partial charge is 0.0906 e. The second-order valence-corrected chi connectivity index (χ2v) is 10.3. The van der Waals surface area contributed by atoms with Crippen molar-refractivity contribution in [3.8, 4) is 0 Å². The molecular formula is C18H22O2S4. The number of hydrogen-bond donors (Lipinski definition) is 2. The lowest BCUT2D eigenvalue weighted by Crippen LogP contribution is -2.29. The molecule has 0 fully saturated rings. The molecule has 0 aliphatic carbocycles. The van der Waals surface area contributed by atoms with Gasteiger partial charge in [0.05, 0.1) is 12.2 Å². The summed E-state index contributed by atoms with van der Waals surface area (Å²) in [5.74, 6) is 1.02. The van der Waals surface area contributed by atoms with Gasteiger partial charge in [-0.25, -0.2) is 0 Å². The standard InChI is InChI=1S/C18H22O2S4/c1-13-3-7-15(8-4-13)23-21-11-17(19)18(20)12-22-24-16-9-5-14(2)6-10-16/h3-10,17-20H,11-12H2,1-2H3/t17-,18-/m1/s1. The van der Waals surface area contributed by atoms with E-state index in [1.54, 1.807) is 43.2 Å². The minimum Gasteiger partial charge on any atom is -0.390 e. The first-order valence-corrected chi connectivity index (χ1v) is 12.3. The molecule has 2 nitrogen and oxygen atoms in total. The summed E-state index contributed by atoms with van der Waals surface area (Å²) >= 11 is 0. The van der Waals surface area contributed by atoms with Gasteiger partial charge >= 0.3 is 0 Å². The molecule has 2 aromatic rings. The summed E-state index contributed by atoms with van der Waals surface area (Å²) < 4.78 is 0. The molecule has 0 aromatic heterocycles. The Hall–Kier alpha value is -0.240. The minimum absolute atomic E-state index is 0.509. The van der Waals surface area contributed by atoms with Crippen LogP contribution in [-0.2, 0) is 0 Å². The molecule has 0 amide bonds. The van der Waals surface area contributed by atoms with Gasteiger partial charge in [-0.3, -0.25) is 0 Å². The highest BCUT2D eigenvalue weighted by molar-refractivity contribution is 8.77. The lowest BCUT2D eigenvalue weighted by Gasteiger charge is -2.16. The van der Waals surface area contributed by atoms with E-state index >= 15 is 0 Å². The Morgan fingerprint density at radius 2 is 1.00 bits per heavy atom. The minimum atomic E-state index is -0.709. The third-order valence-electron chi connectivity index (χ3n) is 3.27. The van der Waals surface area contributed by atoms with E-state index in [0.29, 0.717) is 11.5 Å². The average molecular weight is 399 g/mol. The Morgan fingerprint density at radius 3 is 1.33 bits per heavy atom. The molecule has 0 saturated heterocycles. The lowest BCUT2D eigenvalue weighted by molar-refractivity contribution is 0.0503. The molecule has 6 heteroatoms. The number of aryl methyl sites for hydroxylation is 2. The average Bonchev–Trinajstić information content (AvgIpc) is 2.58. The van der Waals surface area contributed by atoms with Crippen LogP contribution in [0.2, 0.25) is 0 Å². The summed E-state index contributed by atoms with van der Waals surface area (Å²) in [7, 11) is 6.40. The van der Waals surface area contributed by atoms with Crippen LogP contribution in [0.25, 0.3) is 0 Å². The normalized spacial score (nSPS) is 13.7. The molecule has 0 aliphatic heterocycles. The maximum absolute atomic E-state index is 10.1. The highest BCUT2D eigenvalue weighted by Gasteiger charge is 2.17. The van der Waals surface area contributed by atoms with Gasteiger partial charge in [0.1, 0.15) is 0 Å². The van der Waals surface area contributed by atoms with Crippen LogP contribution in [0.5, 0.6) is 0 Å². The fraction of sp³-hybridized carbons (Fsp3) is 0.333. The van der Waals surface area contributed by atoms with Gasteiger partial charge in [0.2, 0.25) is 0 Å². The van der Waals surface area contributed by atoms with Crippen molar-refractivity contribution >= 4 is 43.2 Å². The molecule has 0 heterocycles. The Balaban J connectivity index is 1.63. The van der Waals surface area contributed by atoms with Crippen LogP contribution in [0.1, 0.15) is 11.1 Å². The van der Waals surface area contributed by atoms with Crippen LogP contribution in [0.4, 0.5) is 0 Å². The Morgan fingerprint density at radius 1 is 0.667 bits per heavy atom. The van der Waals surface area contributed by atoms with Crippen LogP contribution in [0.3, 0.4) is 0 Å². The van der Waals surface area contributed by atoms with Gasteiger partial charge < -0.3 is 10.2 Å². The summed E-state index contributed by atoms with van der Waals surface area (Å²) in [4.78, 5) is 2.33. The summed E-state index contributed by atoms with van der Waals surface area (Å²) in [6, 6.07) is 16.6. The summed E-state index contributed by atoms with van der Waals surface area (Å²) in [5.41, 5.74) is 2.48. The van der Waals surface area contributed by atoms with Crippen LogP contribution in [0, 0.1) is 13.8 Å². The topological polar surface area (TPSA) is 40.5 Å². The van der Waals surface area contributed by atoms with Crippen molar-refractivity contribution in [1.82, 2.24) is 0 Å². The van der Waals surface area contributed by atoms with E-state index < -0.39 is 12.2 Å². The predicted molar refractivity (Wildman–Crippen MR) is 111 cm³/mol. The fourth-order valence-electron chi connectivity index (χ4n) is 1.75. The van der Waals surface area contributed by atoms with Crippen molar-refractivity contribution in [3.63, 3.8) is 0 Å². The van der Waals surface area contributed by atoms with E-state index in [9.17, 15) is 10.2 Å². The number of benzene rings is 2. The third kappa shape index (κ3) is 7.33. The van der Waals surface area contributed by atoms with Crippen LogP contribution < -0.4 is 0 Å². The molecule has 0 radical (unpaired) electrons. The van der Waals surface area contributed by atoms with E-state index in [-0.39, 0.29) is 0 Å². The van der Waals surface area contributed by atoms with E-state index in [4.69, 9.17) is 0 Å². The quantitative estimate of drug-likeness (QED) is 0.565. The fourth-order valence-corrected chi connectivity index (χ4v) is 6.11. The Kier molecular flexibility index (Phi) is 8.94. The number of aliphatic hydroxyl groups excluding tert-OH is 2. The Labute approximate surface area is 160 Å². The molecule has 2 rings (SSSR count). The highest BCUT2D eigenvalue weighted by Crippen LogP contribution is 2.34. The second-order valence-electron chi connectivity index (χ2n) is 5.50. The molecule has 0 saturated carbocycles. The van der Waals surface area contributed by atoms with Gasteiger partial charge in [0.15, 0.2) is 0 Å². The first-order chi connectivity index (χ1) is 11.5. The van der Waals surface area contributed by atoms with Gasteiger partial charge in [-0.2, -0.15) is 0 Å². The van der Waals surface area contributed by atoms with Crippen LogP contribution in [0.15, 0.2) is 58.3 Å². The summed E-state index contributed by atoms with van der Waals surface area (Å²) in [6.45, 7) is 4.13. The zero-order chi connectivity index (χ0) is 17.4. The van der Waals surface area contributed by atoms with E-state index in [1.807, 2.05) is 0 Å². The van der Waals surface area contributed by atoms with Crippen molar-refractivity contribution in [1.29, 1.82) is 0 Å². The number of rotatable bonds is 9. The molecule has 2 N–H and O–H groups in total. The van der Waals surface area contributed by atoms with Gasteiger partial charge in [0, 0.05) is 21.3 Å². The van der Waals surface area contributed by atoms with Crippen molar-refractivity contribution in [2.75, 3.05) is 11.5 Å². The highest BCUT2D eigenvalue weighted by atomic mass is 33.1. The SMILES string of the molecule is Cc1ccc(SSC[C@@H](O)[C@H](O)CSSc2ccc(C)cc2)cc1. The maximum atomic E-state index is 10.1. The van der Waals surface area contributed by atoms with E-state index in [2.05, 4.69) is 62.4 Å². The number of hydrogen-bond acceptors (Lipinski definition) is 6. The molecule has 130 valence electrons. The van der Waals surface area contributed by atoms with Crippen molar-refractivity contribution in [2.45, 2.75) is 35.8 Å². The zero-order valence-corrected chi connectivity index (χ0v) is 17.0. The first kappa shape index (κ1) is 20.1. The molecule has 0 spiro atoms. The van der Waals surface area contributed by atoms with Gasteiger partial charge in [0.25, 0.3) is 0 Å². The van der Waals surface area contributed by atoms with E-state index in [1.165, 1.54) is 11.1 Å². The molecule has 0 bridgehead atoms. The molecular weight excluding hydrogens is 376 g/mol. The number of aliphatic hydroxyl groups is 2. The summed E-state index contributed by atoms with van der Waals surface area (Å²) in [5, 5.41) is 20.1. The monoisotopic (exact) mass is 398 g/mol. The third-order valence-corrected chi connectivity index (χ3v) is 8.07. The molecule has 0 unspecified atom stereocenters. The maximum Gasteiger partial charge on any atom is 0.0906 e. The van der Waals surface area contributed by atoms with Gasteiger partial charge in [-0.1, -0.05) is 78.6 Å². The molecule has 0 aliphatic rings. The second kappa shape index (κ2) is 10.7. The largest absolute Gasteiger partial charge is 0.390 e. The first-order valence-electron chi connectivity index (χ1n) is 7.63. The van der Waals surface area contributed by atoms with Crippen LogP contribution >= 0.6 is 43.2 Å². The molecule has 2 atom stereocenters. The zero-order valence-electron chi connectivity index (χ0n) is 13.7.